The number of amides is 2. The van der Waals surface area contributed by atoms with Crippen molar-refractivity contribution >= 4 is 81.5 Å². The van der Waals surface area contributed by atoms with Gasteiger partial charge in [-0.05, 0) is 42.0 Å². The maximum Gasteiger partial charge on any atom is 0.259 e. The van der Waals surface area contributed by atoms with Gasteiger partial charge in [0.05, 0.1) is 28.9 Å². The molecule has 1 aliphatic rings. The Morgan fingerprint density at radius 2 is 1.58 bits per heavy atom. The van der Waals surface area contributed by atoms with Gasteiger partial charge in [-0.1, -0.05) is 34.8 Å². The first-order valence-corrected chi connectivity index (χ1v) is 11.2. The lowest BCUT2D eigenvalue weighted by Crippen LogP contribution is -2.18. The van der Waals surface area contributed by atoms with Crippen molar-refractivity contribution < 1.29 is 14.0 Å². The Hall–Kier alpha value is -2.16. The number of aromatic nitrogens is 2. The van der Waals surface area contributed by atoms with Crippen molar-refractivity contribution in [2.45, 2.75) is 10.3 Å². The van der Waals surface area contributed by atoms with Crippen LogP contribution < -0.4 is 10.6 Å². The summed E-state index contributed by atoms with van der Waals surface area (Å²) in [6, 6.07) is 9.18. The van der Waals surface area contributed by atoms with Crippen LogP contribution in [0, 0.1) is 11.7 Å². The third-order valence-electron chi connectivity index (χ3n) is 4.90. The zero-order valence-electron chi connectivity index (χ0n) is 16.3. The van der Waals surface area contributed by atoms with Crippen molar-refractivity contribution in [3.8, 4) is 0 Å². The van der Waals surface area contributed by atoms with Crippen LogP contribution in [-0.4, -0.2) is 26.1 Å². The fourth-order valence-corrected chi connectivity index (χ4v) is 4.94. The summed E-state index contributed by atoms with van der Waals surface area (Å²) in [6.07, 6.45) is 1.81. The molecular weight excluding hydrogens is 537 g/mol. The average Bonchev–Trinajstić information content (AvgIpc) is 3.32. The van der Waals surface area contributed by atoms with E-state index in [-0.39, 0.29) is 22.2 Å². The predicted octanol–water partition coefficient (Wildman–Crippen LogP) is 6.35. The van der Waals surface area contributed by atoms with Gasteiger partial charge >= 0.3 is 0 Å². The number of carbonyl (C=O) groups is 2. The second-order valence-electron chi connectivity index (χ2n) is 7.20. The summed E-state index contributed by atoms with van der Waals surface area (Å²) >= 11 is 31.0. The topological polar surface area (TPSA) is 84.0 Å². The van der Waals surface area contributed by atoms with Gasteiger partial charge in [0, 0.05) is 21.7 Å². The number of benzene rings is 2. The molecule has 2 atom stereocenters. The van der Waals surface area contributed by atoms with Gasteiger partial charge in [-0.15, -0.1) is 23.2 Å². The van der Waals surface area contributed by atoms with Gasteiger partial charge in [0.2, 0.25) is 11.9 Å². The molecule has 6 nitrogen and oxygen atoms in total. The molecular formula is C21H12Cl5FN4O2. The highest BCUT2D eigenvalue weighted by molar-refractivity contribution is 6.53. The smallest absolute Gasteiger partial charge is 0.259 e. The number of alkyl halides is 2. The van der Waals surface area contributed by atoms with Crippen LogP contribution in [-0.2, 0) is 4.79 Å². The van der Waals surface area contributed by atoms with E-state index < -0.39 is 33.8 Å². The first kappa shape index (κ1) is 24.0. The van der Waals surface area contributed by atoms with Crippen molar-refractivity contribution in [1.82, 2.24) is 9.97 Å². The van der Waals surface area contributed by atoms with Gasteiger partial charge in [-0.2, -0.15) is 0 Å². The van der Waals surface area contributed by atoms with Gasteiger partial charge in [-0.3, -0.25) is 14.9 Å². The van der Waals surface area contributed by atoms with Crippen LogP contribution in [0.25, 0.3) is 0 Å². The van der Waals surface area contributed by atoms with Crippen LogP contribution in [0.5, 0.6) is 0 Å². The Morgan fingerprint density at radius 3 is 2.21 bits per heavy atom. The highest BCUT2D eigenvalue weighted by atomic mass is 35.5. The zero-order valence-corrected chi connectivity index (χ0v) is 20.0. The minimum atomic E-state index is -1.36. The Balaban J connectivity index is 1.50. The summed E-state index contributed by atoms with van der Waals surface area (Å²) in [5.41, 5.74) is 0.959. The van der Waals surface area contributed by atoms with Crippen molar-refractivity contribution in [2.24, 2.45) is 5.92 Å². The molecule has 170 valence electrons. The normalized spacial score (nSPS) is 18.5. The van der Waals surface area contributed by atoms with Crippen LogP contribution in [0.2, 0.25) is 15.1 Å². The molecule has 1 fully saturated rings. The van der Waals surface area contributed by atoms with Gasteiger partial charge in [-0.25, -0.2) is 14.4 Å². The van der Waals surface area contributed by atoms with E-state index in [4.69, 9.17) is 58.0 Å². The fourth-order valence-electron chi connectivity index (χ4n) is 3.37. The van der Waals surface area contributed by atoms with Crippen LogP contribution >= 0.6 is 58.0 Å². The first-order chi connectivity index (χ1) is 15.6. The molecule has 3 aromatic rings. The molecule has 1 heterocycles. The van der Waals surface area contributed by atoms with Gasteiger partial charge in [0.25, 0.3) is 5.91 Å². The molecule has 2 unspecified atom stereocenters. The SMILES string of the molecule is O=C(Nc1ncc(F)cn1)c1cc(NC(=O)C2C(c3cc(Cl)cc(Cl)c3)C2(Cl)Cl)ccc1Cl. The van der Waals surface area contributed by atoms with Crippen LogP contribution in [0.3, 0.4) is 0 Å². The molecule has 1 saturated carbocycles. The van der Waals surface area contributed by atoms with Crippen molar-refractivity contribution in [3.63, 3.8) is 0 Å². The summed E-state index contributed by atoms with van der Waals surface area (Å²) in [5, 5.41) is 6.00. The Bertz CT molecular complexity index is 1240. The van der Waals surface area contributed by atoms with E-state index in [1.165, 1.54) is 18.2 Å². The summed E-state index contributed by atoms with van der Waals surface area (Å²) in [4.78, 5) is 32.8. The van der Waals surface area contributed by atoms with Crippen LogP contribution in [0.15, 0.2) is 48.8 Å². The van der Waals surface area contributed by atoms with E-state index in [0.717, 1.165) is 12.4 Å². The molecule has 4 rings (SSSR count). The number of halogens is 6. The third kappa shape index (κ3) is 5.18. The molecule has 0 radical (unpaired) electrons. The summed E-state index contributed by atoms with van der Waals surface area (Å²) < 4.78 is 11.6. The summed E-state index contributed by atoms with van der Waals surface area (Å²) in [6.45, 7) is 0. The number of hydrogen-bond acceptors (Lipinski definition) is 4. The van der Waals surface area contributed by atoms with E-state index in [1.807, 2.05) is 0 Å². The molecule has 0 bridgehead atoms. The van der Waals surface area contributed by atoms with Crippen molar-refractivity contribution in [3.05, 3.63) is 80.8 Å². The Labute approximate surface area is 212 Å². The molecule has 2 N–H and O–H groups in total. The maximum atomic E-state index is 13.0. The highest BCUT2D eigenvalue weighted by Crippen LogP contribution is 2.65. The number of rotatable bonds is 5. The van der Waals surface area contributed by atoms with Crippen LogP contribution in [0.1, 0.15) is 21.8 Å². The van der Waals surface area contributed by atoms with E-state index in [9.17, 15) is 14.0 Å². The number of nitrogens with zero attached hydrogens (tertiary/aromatic N) is 2. The molecule has 0 aliphatic heterocycles. The van der Waals surface area contributed by atoms with Crippen molar-refractivity contribution in [1.29, 1.82) is 0 Å². The van der Waals surface area contributed by atoms with Gasteiger partial charge < -0.3 is 5.32 Å². The Morgan fingerprint density at radius 1 is 0.939 bits per heavy atom. The van der Waals surface area contributed by atoms with Crippen LogP contribution in [0.4, 0.5) is 16.0 Å². The molecule has 12 heteroatoms. The average molecular weight is 549 g/mol. The number of anilines is 2. The molecule has 0 saturated heterocycles. The van der Waals surface area contributed by atoms with E-state index in [0.29, 0.717) is 15.6 Å². The minimum Gasteiger partial charge on any atom is -0.326 e. The summed E-state index contributed by atoms with van der Waals surface area (Å²) in [7, 11) is 0. The highest BCUT2D eigenvalue weighted by Gasteiger charge is 2.67. The second kappa shape index (κ2) is 9.24. The largest absolute Gasteiger partial charge is 0.326 e. The van der Waals surface area contributed by atoms with Gasteiger partial charge in [0.15, 0.2) is 5.82 Å². The minimum absolute atomic E-state index is 0.0411. The third-order valence-corrected chi connectivity index (χ3v) is 6.61. The van der Waals surface area contributed by atoms with Gasteiger partial charge in [0.1, 0.15) is 4.33 Å². The van der Waals surface area contributed by atoms with Crippen molar-refractivity contribution in [2.75, 3.05) is 10.6 Å². The molecule has 2 aromatic carbocycles. The monoisotopic (exact) mass is 546 g/mol. The Kier molecular flexibility index (Phi) is 6.71. The lowest BCUT2D eigenvalue weighted by atomic mass is 10.1. The first-order valence-electron chi connectivity index (χ1n) is 9.29. The molecule has 1 aliphatic carbocycles. The maximum absolute atomic E-state index is 13.0. The molecule has 0 spiro atoms. The van der Waals surface area contributed by atoms with E-state index in [1.54, 1.807) is 18.2 Å². The molecule has 33 heavy (non-hydrogen) atoms. The number of carbonyl (C=O) groups excluding carboxylic acids is 2. The lowest BCUT2D eigenvalue weighted by Gasteiger charge is -2.10. The number of hydrogen-bond donors (Lipinski definition) is 2. The van der Waals surface area contributed by atoms with E-state index in [2.05, 4.69) is 20.6 Å². The fraction of sp³-hybridized carbons (Fsp3) is 0.143. The second-order valence-corrected chi connectivity index (χ2v) is 9.92. The zero-order chi connectivity index (χ0) is 23.9. The lowest BCUT2D eigenvalue weighted by molar-refractivity contribution is -0.117. The molecule has 2 amide bonds. The quantitative estimate of drug-likeness (QED) is 0.364. The van der Waals surface area contributed by atoms with E-state index >= 15 is 0 Å². The number of nitrogens with one attached hydrogen (secondary N) is 2. The standard InChI is InChI=1S/C21H12Cl5FN4O2/c22-10-3-9(4-11(23)5-10)16-17(21(16,25)26)19(33)30-13-1-2-15(24)14(6-13)18(32)31-20-28-7-12(27)8-29-20/h1-8,16-17H,(H,30,33)(H,28,29,31,32). The predicted molar refractivity (Wildman–Crippen MR) is 127 cm³/mol. The molecule has 1 aromatic heterocycles. The summed E-state index contributed by atoms with van der Waals surface area (Å²) in [5.74, 6) is -3.18.